The van der Waals surface area contributed by atoms with E-state index in [1.165, 1.54) is 0 Å². The molecular weight excluding hydrogens is 263 g/mol. The molecule has 0 amide bonds. The fourth-order valence-corrected chi connectivity index (χ4v) is 6.11. The molecule has 0 aromatic carbocycles. The first-order valence-corrected chi connectivity index (χ1v) is 10.1. The van der Waals surface area contributed by atoms with Crippen LogP contribution in [0.5, 0.6) is 0 Å². The summed E-state index contributed by atoms with van der Waals surface area (Å²) < 4.78 is 0.945. The topological polar surface area (TPSA) is 0 Å². The zero-order chi connectivity index (χ0) is 9.10. The summed E-state index contributed by atoms with van der Waals surface area (Å²) in [6.07, 6.45) is 18.2. The summed E-state index contributed by atoms with van der Waals surface area (Å²) >= 11 is -0.372. The van der Waals surface area contributed by atoms with Crippen molar-refractivity contribution in [1.82, 2.24) is 0 Å². The fraction of sp³-hybridized carbons (Fsp3) is 0.333. The summed E-state index contributed by atoms with van der Waals surface area (Å²) in [5.41, 5.74) is 0. The summed E-state index contributed by atoms with van der Waals surface area (Å²) in [6, 6.07) is 0. The van der Waals surface area contributed by atoms with Crippen molar-refractivity contribution < 1.29 is 0 Å². The van der Waals surface area contributed by atoms with Crippen LogP contribution in [0, 0.1) is 11.8 Å². The zero-order valence-electron chi connectivity index (χ0n) is 7.93. The second kappa shape index (κ2) is 4.32. The molecule has 13 heavy (non-hydrogen) atoms. The molecule has 0 fully saturated rings. The Bertz CT molecular complexity index is 231. The van der Waals surface area contributed by atoms with Crippen LogP contribution < -0.4 is 0 Å². The van der Waals surface area contributed by atoms with Crippen LogP contribution in [-0.4, -0.2) is 21.1 Å². The molecule has 0 heterocycles. The minimum atomic E-state index is -0.372. The predicted octanol–water partition coefficient (Wildman–Crippen LogP) is 2.74. The molecule has 0 aliphatic heterocycles. The van der Waals surface area contributed by atoms with Gasteiger partial charge in [-0.25, -0.2) is 0 Å². The molecule has 0 aromatic heterocycles. The van der Waals surface area contributed by atoms with Gasteiger partial charge in [-0.1, -0.05) is 0 Å². The molecule has 2 aliphatic carbocycles. The van der Waals surface area contributed by atoms with Gasteiger partial charge in [0.2, 0.25) is 0 Å². The Morgan fingerprint density at radius 2 is 1.23 bits per heavy atom. The Labute approximate surface area is 90.3 Å². The molecule has 0 saturated carbocycles. The molecule has 1 radical (unpaired) electrons. The van der Waals surface area contributed by atoms with Crippen molar-refractivity contribution >= 4 is 21.1 Å². The molecule has 0 atom stereocenters. The molecule has 2 rings (SSSR count). The van der Waals surface area contributed by atoms with Gasteiger partial charge in [0.1, 0.15) is 0 Å². The minimum absolute atomic E-state index is 0.372. The van der Waals surface area contributed by atoms with Crippen molar-refractivity contribution in [2.75, 3.05) is 0 Å². The van der Waals surface area contributed by atoms with E-state index in [0.29, 0.717) is 0 Å². The van der Waals surface area contributed by atoms with Crippen molar-refractivity contribution in [2.45, 2.75) is 8.87 Å². The number of hydrogen-bond donors (Lipinski definition) is 0. The molecule has 1 heteroatoms. The van der Waals surface area contributed by atoms with E-state index in [9.17, 15) is 0 Å². The standard InChI is InChI=1S/C11H11.CH3.Sn.H/c1-2-6-10(5-1)9-11-7-3-4-8-11;;;/h1-11H;1H3;;. The Morgan fingerprint density at radius 1 is 0.846 bits per heavy atom. The van der Waals surface area contributed by atoms with E-state index >= 15 is 0 Å². The maximum atomic E-state index is 2.47. The molecular formula is C12H15Sn. The predicted molar refractivity (Wildman–Crippen MR) is 60.3 cm³/mol. The third kappa shape index (κ3) is 1.98. The third-order valence-electron chi connectivity index (χ3n) is 2.83. The molecule has 2 aliphatic rings. The van der Waals surface area contributed by atoms with Crippen LogP contribution in [0.2, 0.25) is 8.87 Å². The molecule has 0 nitrogen and oxygen atoms in total. The van der Waals surface area contributed by atoms with Gasteiger partial charge in [-0.15, -0.1) is 0 Å². The number of rotatable bonds is 3. The van der Waals surface area contributed by atoms with Crippen molar-refractivity contribution in [3.63, 3.8) is 0 Å². The summed E-state index contributed by atoms with van der Waals surface area (Å²) in [4.78, 5) is 2.47. The number of hydrogen-bond acceptors (Lipinski definition) is 0. The van der Waals surface area contributed by atoms with Crippen LogP contribution in [0.15, 0.2) is 48.6 Å². The van der Waals surface area contributed by atoms with Crippen LogP contribution in [0.25, 0.3) is 0 Å². The summed E-state index contributed by atoms with van der Waals surface area (Å²) in [6.45, 7) is 0. The van der Waals surface area contributed by atoms with Gasteiger partial charge in [0.05, 0.1) is 0 Å². The van der Waals surface area contributed by atoms with Gasteiger partial charge < -0.3 is 0 Å². The molecule has 0 unspecified atom stereocenters. The van der Waals surface area contributed by atoms with Gasteiger partial charge in [0.25, 0.3) is 0 Å². The normalized spacial score (nSPS) is 21.4. The van der Waals surface area contributed by atoms with Crippen LogP contribution in [-0.2, 0) is 0 Å². The second-order valence-corrected chi connectivity index (χ2v) is 7.70. The van der Waals surface area contributed by atoms with E-state index in [2.05, 4.69) is 53.5 Å². The summed E-state index contributed by atoms with van der Waals surface area (Å²) in [7, 11) is 0. The van der Waals surface area contributed by atoms with Crippen molar-refractivity contribution in [2.24, 2.45) is 11.8 Å². The first-order chi connectivity index (χ1) is 6.42. The Hall–Kier alpha value is -0.241. The van der Waals surface area contributed by atoms with Gasteiger partial charge in [-0.2, -0.15) is 0 Å². The summed E-state index contributed by atoms with van der Waals surface area (Å²) in [5.74, 6) is 1.48. The Kier molecular flexibility index (Phi) is 3.09. The quantitative estimate of drug-likeness (QED) is 0.696. The molecule has 0 saturated heterocycles. The van der Waals surface area contributed by atoms with Crippen LogP contribution >= 0.6 is 0 Å². The van der Waals surface area contributed by atoms with E-state index in [4.69, 9.17) is 0 Å². The van der Waals surface area contributed by atoms with E-state index < -0.39 is 0 Å². The van der Waals surface area contributed by atoms with Crippen LogP contribution in [0.3, 0.4) is 0 Å². The van der Waals surface area contributed by atoms with Crippen molar-refractivity contribution in [3.8, 4) is 0 Å². The molecule has 0 N–H and O–H groups in total. The monoisotopic (exact) mass is 279 g/mol. The van der Waals surface area contributed by atoms with E-state index in [1.54, 1.807) is 0 Å². The van der Waals surface area contributed by atoms with Gasteiger partial charge in [0, 0.05) is 0 Å². The zero-order valence-corrected chi connectivity index (χ0v) is 11.2. The van der Waals surface area contributed by atoms with Gasteiger partial charge in [-0.05, 0) is 0 Å². The summed E-state index contributed by atoms with van der Waals surface area (Å²) in [5, 5.41) is 0. The van der Waals surface area contributed by atoms with Crippen molar-refractivity contribution in [1.29, 1.82) is 0 Å². The van der Waals surface area contributed by atoms with Crippen LogP contribution in [0.1, 0.15) is 0 Å². The van der Waals surface area contributed by atoms with Gasteiger partial charge >= 0.3 is 90.5 Å². The van der Waals surface area contributed by atoms with Crippen molar-refractivity contribution in [3.05, 3.63) is 48.6 Å². The second-order valence-electron chi connectivity index (χ2n) is 3.60. The molecule has 0 aromatic rings. The van der Waals surface area contributed by atoms with Gasteiger partial charge in [-0.3, -0.25) is 0 Å². The Morgan fingerprint density at radius 3 is 1.54 bits per heavy atom. The maximum absolute atomic E-state index is 2.47. The van der Waals surface area contributed by atoms with E-state index in [0.717, 1.165) is 15.8 Å². The first kappa shape index (κ1) is 9.32. The van der Waals surface area contributed by atoms with E-state index in [-0.39, 0.29) is 21.1 Å². The first-order valence-electron chi connectivity index (χ1n) is 4.91. The molecule has 0 spiro atoms. The fourth-order valence-electron chi connectivity index (χ4n) is 2.11. The van der Waals surface area contributed by atoms with Crippen LogP contribution in [0.4, 0.5) is 0 Å². The average molecular weight is 278 g/mol. The third-order valence-corrected chi connectivity index (χ3v) is 7.56. The molecule has 67 valence electrons. The Balaban J connectivity index is 2.08. The SMILES string of the molecule is [CH3][SnH][CH](C1C=CC=C1)C1C=CC=C1. The number of allylic oxidation sites excluding steroid dienone is 8. The average Bonchev–Trinajstić information content (AvgIpc) is 2.76. The van der Waals surface area contributed by atoms with Gasteiger partial charge in [0.15, 0.2) is 0 Å². The molecule has 0 bridgehead atoms. The van der Waals surface area contributed by atoms with E-state index in [1.807, 2.05) is 0 Å².